The van der Waals surface area contributed by atoms with E-state index in [1.807, 2.05) is 54.6 Å². The third-order valence-corrected chi connectivity index (χ3v) is 6.07. The molecule has 0 fully saturated rings. The van der Waals surface area contributed by atoms with Crippen LogP contribution in [0.2, 0.25) is 5.02 Å². The predicted octanol–water partition coefficient (Wildman–Crippen LogP) is 4.60. The van der Waals surface area contributed by atoms with Crippen LogP contribution in [0.1, 0.15) is 23.6 Å². The van der Waals surface area contributed by atoms with Gasteiger partial charge in [0.15, 0.2) is 0 Å². The average Bonchev–Trinajstić information content (AvgIpc) is 3.32. The number of carbonyl (C=O) groups is 2. The van der Waals surface area contributed by atoms with Crippen LogP contribution in [0.5, 0.6) is 5.75 Å². The van der Waals surface area contributed by atoms with Crippen LogP contribution in [0.3, 0.4) is 0 Å². The molecule has 7 nitrogen and oxygen atoms in total. The van der Waals surface area contributed by atoms with E-state index in [1.165, 1.54) is 5.01 Å². The summed E-state index contributed by atoms with van der Waals surface area (Å²) in [6.45, 7) is 0.0709. The monoisotopic (exact) mass is 490 g/mol. The molecule has 8 heteroatoms. The normalized spacial score (nSPS) is 15.1. The van der Waals surface area contributed by atoms with Gasteiger partial charge in [-0.05, 0) is 42.4 Å². The van der Waals surface area contributed by atoms with Crippen LogP contribution in [-0.2, 0) is 9.59 Å². The fourth-order valence-corrected chi connectivity index (χ4v) is 4.17. The Balaban J connectivity index is 1.47. The van der Waals surface area contributed by atoms with Crippen molar-refractivity contribution in [3.05, 3.63) is 95.0 Å². The van der Waals surface area contributed by atoms with Crippen molar-refractivity contribution in [1.82, 2.24) is 9.91 Å². The summed E-state index contributed by atoms with van der Waals surface area (Å²) in [6.07, 6.45) is 0.596. The molecule has 1 atom stereocenters. The maximum Gasteiger partial charge on any atom is 0.257 e. The summed E-state index contributed by atoms with van der Waals surface area (Å²) >= 11 is 6.12. The molecule has 0 spiro atoms. The molecular weight excluding hydrogens is 464 g/mol. The fourth-order valence-electron chi connectivity index (χ4n) is 3.99. The average molecular weight is 491 g/mol. The summed E-state index contributed by atoms with van der Waals surface area (Å²) in [6, 6.07) is 24.3. The topological polar surface area (TPSA) is 74.2 Å². The highest BCUT2D eigenvalue weighted by Crippen LogP contribution is 2.33. The van der Waals surface area contributed by atoms with E-state index in [9.17, 15) is 9.59 Å². The Bertz CT molecular complexity index is 1210. The lowest BCUT2D eigenvalue weighted by Gasteiger charge is -2.24. The van der Waals surface area contributed by atoms with E-state index >= 15 is 0 Å². The van der Waals surface area contributed by atoms with E-state index in [0.29, 0.717) is 17.1 Å². The van der Waals surface area contributed by atoms with Gasteiger partial charge in [0.1, 0.15) is 5.75 Å². The smallest absolute Gasteiger partial charge is 0.257 e. The summed E-state index contributed by atoms with van der Waals surface area (Å²) in [4.78, 5) is 27.5. The van der Waals surface area contributed by atoms with E-state index in [1.54, 1.807) is 43.3 Å². The number of hydrogen-bond donors (Lipinski definition) is 1. The summed E-state index contributed by atoms with van der Waals surface area (Å²) in [5, 5.41) is 9.47. The van der Waals surface area contributed by atoms with Crippen LogP contribution in [0, 0.1) is 0 Å². The van der Waals surface area contributed by atoms with Gasteiger partial charge in [0.25, 0.3) is 5.91 Å². The minimum atomic E-state index is -0.255. The lowest BCUT2D eigenvalue weighted by Crippen LogP contribution is -2.39. The molecule has 180 valence electrons. The van der Waals surface area contributed by atoms with E-state index in [-0.39, 0.29) is 30.9 Å². The van der Waals surface area contributed by atoms with Crippen LogP contribution < -0.4 is 10.1 Å². The van der Waals surface area contributed by atoms with Gasteiger partial charge in [-0.2, -0.15) is 5.10 Å². The Morgan fingerprint density at radius 3 is 2.40 bits per heavy atom. The van der Waals surface area contributed by atoms with Crippen LogP contribution in [0.15, 0.2) is 84.0 Å². The zero-order chi connectivity index (χ0) is 24.8. The number of amides is 2. The summed E-state index contributed by atoms with van der Waals surface area (Å²) in [7, 11) is 3.35. The molecule has 35 heavy (non-hydrogen) atoms. The first-order valence-corrected chi connectivity index (χ1v) is 11.6. The number of benzene rings is 3. The number of ether oxygens (including phenoxy) is 1. The van der Waals surface area contributed by atoms with Gasteiger partial charge in [-0.3, -0.25) is 14.5 Å². The minimum Gasteiger partial charge on any atom is -0.497 e. The van der Waals surface area contributed by atoms with Crippen molar-refractivity contribution in [1.29, 1.82) is 0 Å². The third kappa shape index (κ3) is 6.07. The first kappa shape index (κ1) is 24.4. The first-order valence-electron chi connectivity index (χ1n) is 11.3. The minimum absolute atomic E-state index is 0.0350. The molecule has 1 N–H and O–H groups in total. The van der Waals surface area contributed by atoms with Crippen LogP contribution in [0.4, 0.5) is 5.69 Å². The third-order valence-electron chi connectivity index (χ3n) is 5.74. The van der Waals surface area contributed by atoms with Crippen molar-refractivity contribution < 1.29 is 14.3 Å². The van der Waals surface area contributed by atoms with Crippen LogP contribution in [-0.4, -0.2) is 54.7 Å². The van der Waals surface area contributed by atoms with E-state index in [2.05, 4.69) is 5.32 Å². The second-order valence-electron chi connectivity index (χ2n) is 8.34. The lowest BCUT2D eigenvalue weighted by molar-refractivity contribution is -0.134. The Labute approximate surface area is 209 Å². The van der Waals surface area contributed by atoms with Gasteiger partial charge < -0.3 is 10.1 Å². The van der Waals surface area contributed by atoms with Crippen molar-refractivity contribution in [2.45, 2.75) is 12.5 Å². The molecular formula is C27H27ClN4O3. The highest BCUT2D eigenvalue weighted by Gasteiger charge is 2.33. The molecule has 0 saturated carbocycles. The Kier molecular flexibility index (Phi) is 7.80. The highest BCUT2D eigenvalue weighted by atomic mass is 35.5. The Morgan fingerprint density at radius 1 is 1.03 bits per heavy atom. The molecule has 0 aromatic heterocycles. The zero-order valence-corrected chi connectivity index (χ0v) is 20.4. The number of halogens is 1. The first-order chi connectivity index (χ1) is 16.9. The number of carbonyl (C=O) groups excluding carboxylic acids is 2. The number of likely N-dealkylation sites (N-methyl/N-ethyl adjacent to an activating group) is 1. The maximum absolute atomic E-state index is 13.3. The molecule has 0 radical (unpaired) electrons. The highest BCUT2D eigenvalue weighted by molar-refractivity contribution is 6.33. The molecule has 0 bridgehead atoms. The molecule has 1 aliphatic heterocycles. The maximum atomic E-state index is 13.3. The second kappa shape index (κ2) is 11.2. The molecule has 2 amide bonds. The summed E-state index contributed by atoms with van der Waals surface area (Å²) < 4.78 is 5.27. The molecule has 1 unspecified atom stereocenters. The summed E-state index contributed by atoms with van der Waals surface area (Å²) in [5.74, 6) is 0.304. The fraction of sp³-hybridized carbons (Fsp3) is 0.222. The van der Waals surface area contributed by atoms with Gasteiger partial charge in [0.05, 0.1) is 42.7 Å². The Hall–Kier alpha value is -3.68. The second-order valence-corrected chi connectivity index (χ2v) is 8.75. The van der Waals surface area contributed by atoms with Crippen molar-refractivity contribution in [3.8, 4) is 5.75 Å². The van der Waals surface area contributed by atoms with E-state index in [0.717, 1.165) is 22.6 Å². The number of hydrogen-bond acceptors (Lipinski definition) is 5. The number of rotatable bonds is 8. The Morgan fingerprint density at radius 2 is 1.71 bits per heavy atom. The van der Waals surface area contributed by atoms with Crippen molar-refractivity contribution >= 4 is 34.8 Å². The number of anilines is 1. The van der Waals surface area contributed by atoms with Crippen molar-refractivity contribution in [2.75, 3.05) is 32.6 Å². The van der Waals surface area contributed by atoms with Gasteiger partial charge in [-0.15, -0.1) is 0 Å². The van der Waals surface area contributed by atoms with Gasteiger partial charge in [-0.25, -0.2) is 5.01 Å². The van der Waals surface area contributed by atoms with Gasteiger partial charge >= 0.3 is 0 Å². The quantitative estimate of drug-likeness (QED) is 0.501. The van der Waals surface area contributed by atoms with E-state index < -0.39 is 0 Å². The zero-order valence-electron chi connectivity index (χ0n) is 19.6. The molecule has 0 saturated heterocycles. The van der Waals surface area contributed by atoms with Crippen LogP contribution >= 0.6 is 11.6 Å². The number of nitrogens with one attached hydrogen (secondary N) is 1. The lowest BCUT2D eigenvalue weighted by atomic mass is 9.98. The number of para-hydroxylation sites is 1. The molecule has 3 aromatic carbocycles. The number of methoxy groups -OCH3 is 1. The molecule has 4 rings (SSSR count). The number of nitrogens with zero attached hydrogens (tertiary/aromatic N) is 3. The molecule has 3 aromatic rings. The van der Waals surface area contributed by atoms with Crippen molar-refractivity contribution in [2.24, 2.45) is 5.10 Å². The van der Waals surface area contributed by atoms with Gasteiger partial charge in [0.2, 0.25) is 5.91 Å². The largest absolute Gasteiger partial charge is 0.497 e. The number of hydrazone groups is 1. The van der Waals surface area contributed by atoms with Crippen molar-refractivity contribution in [3.63, 3.8) is 0 Å². The standard InChI is InChI=1S/C27H27ClN4O3/c1-31(17-26(33)29-23-11-7-6-10-22(23)28)18-27(34)32-25(20-12-14-21(35-2)15-13-20)16-24(30-32)19-8-4-3-5-9-19/h3-15,25H,16-18H2,1-2H3,(H,29,33). The molecule has 1 aliphatic rings. The SMILES string of the molecule is COc1ccc(C2CC(c3ccccc3)=NN2C(=O)CN(C)CC(=O)Nc2ccccc2Cl)cc1. The van der Waals surface area contributed by atoms with Crippen LogP contribution in [0.25, 0.3) is 0 Å². The predicted molar refractivity (Wildman–Crippen MR) is 138 cm³/mol. The van der Waals surface area contributed by atoms with Gasteiger partial charge in [0, 0.05) is 6.42 Å². The van der Waals surface area contributed by atoms with Gasteiger partial charge in [-0.1, -0.05) is 66.2 Å². The molecule has 1 heterocycles. The van der Waals surface area contributed by atoms with E-state index in [4.69, 9.17) is 21.4 Å². The summed E-state index contributed by atoms with van der Waals surface area (Å²) in [5.41, 5.74) is 3.33. The molecule has 0 aliphatic carbocycles.